The first-order valence-electron chi connectivity index (χ1n) is 18.8. The van der Waals surface area contributed by atoms with Crippen LogP contribution in [0.2, 0.25) is 6.32 Å². The number of aryl methyl sites for hydroxylation is 2. The van der Waals surface area contributed by atoms with Crippen molar-refractivity contribution in [2.45, 2.75) is 105 Å². The number of aliphatic hydroxyl groups excluding tert-OH is 1. The number of aliphatic hydroxyl groups is 1. The molecule has 3 atom stereocenters. The van der Waals surface area contributed by atoms with Gasteiger partial charge in [0.1, 0.15) is 23.0 Å². The maximum absolute atomic E-state index is 12.3. The SMILES string of the molecule is CC(C)CCC(C)C.COc1cc(C)c([C@H]2CCN(C)CC2=O)c(OC)c1.COc1cc(C)c([C@H]2CCN(C)C[C@H]2O)c(OC)c1.[B-]CC(C)C.[Li+]. The summed E-state index contributed by atoms with van der Waals surface area (Å²) >= 11 is 0. The molecule has 2 saturated heterocycles. The predicted octanol–water partition coefficient (Wildman–Crippen LogP) is 5.10. The van der Waals surface area contributed by atoms with Gasteiger partial charge < -0.3 is 36.8 Å². The number of hydrogen-bond donors (Lipinski definition) is 1. The molecule has 0 bridgehead atoms. The van der Waals surface area contributed by atoms with Gasteiger partial charge in [-0.25, -0.2) is 0 Å². The van der Waals surface area contributed by atoms with Crippen molar-refractivity contribution in [2.24, 2.45) is 17.8 Å². The van der Waals surface area contributed by atoms with Crippen LogP contribution in [0.5, 0.6) is 23.0 Å². The largest absolute Gasteiger partial charge is 1.00 e. The molecule has 2 fully saturated rings. The summed E-state index contributed by atoms with van der Waals surface area (Å²) in [5.41, 5.74) is 4.30. The van der Waals surface area contributed by atoms with Gasteiger partial charge >= 0.3 is 18.9 Å². The van der Waals surface area contributed by atoms with E-state index in [9.17, 15) is 9.90 Å². The number of ketones is 1. The van der Waals surface area contributed by atoms with Gasteiger partial charge in [-0.1, -0.05) is 60.3 Å². The van der Waals surface area contributed by atoms with E-state index in [1.54, 1.807) is 28.4 Å². The Morgan fingerprint density at radius 2 is 1.17 bits per heavy atom. The smallest absolute Gasteiger partial charge is 0.626 e. The van der Waals surface area contributed by atoms with Crippen LogP contribution in [0.1, 0.15) is 101 Å². The Bertz CT molecular complexity index is 1300. The van der Waals surface area contributed by atoms with Gasteiger partial charge in [0.05, 0.1) is 41.1 Å². The molecule has 289 valence electrons. The van der Waals surface area contributed by atoms with Gasteiger partial charge in [-0.3, -0.25) is 16.0 Å². The van der Waals surface area contributed by atoms with E-state index in [0.29, 0.717) is 19.0 Å². The van der Waals surface area contributed by atoms with Crippen LogP contribution in [-0.4, -0.2) is 103 Å². The number of methoxy groups -OCH3 is 4. The fourth-order valence-electron chi connectivity index (χ4n) is 6.33. The van der Waals surface area contributed by atoms with Crippen molar-refractivity contribution in [3.05, 3.63) is 46.5 Å². The molecule has 2 heterocycles. The quantitative estimate of drug-likeness (QED) is 0.341. The summed E-state index contributed by atoms with van der Waals surface area (Å²) in [5.74, 6) is 5.89. The summed E-state index contributed by atoms with van der Waals surface area (Å²) in [6, 6.07) is 7.72. The minimum absolute atomic E-state index is 0. The first kappa shape index (κ1) is 49.9. The molecule has 2 aliphatic rings. The second-order valence-corrected chi connectivity index (χ2v) is 15.4. The minimum Gasteiger partial charge on any atom is -0.626 e. The first-order chi connectivity index (χ1) is 24.0. The van der Waals surface area contributed by atoms with Gasteiger partial charge in [0.2, 0.25) is 0 Å². The van der Waals surface area contributed by atoms with Gasteiger partial charge in [-0.05, 0) is 89.0 Å². The number of hydrogen-bond acceptors (Lipinski definition) is 8. The van der Waals surface area contributed by atoms with Crippen molar-refractivity contribution in [1.29, 1.82) is 0 Å². The molecule has 0 unspecified atom stereocenters. The average Bonchev–Trinajstić information content (AvgIpc) is 3.08. The number of likely N-dealkylation sites (tertiary alicyclic amines) is 2. The standard InChI is InChI=1S/C15H23NO3.C15H21NO3.C8H18.C4H9B.Li/c2*1-10-7-11(18-3)8-14(19-4)15(10)12-5-6-16(2)9-13(12)17;1-7(2)5-6-8(3)4;1-4(2)3-5;/h7-8,12-13,17H,5-6,9H2,1-4H3;7-8,12H,5-6,9H2,1-4H3;7-8H,5-6H2,1-4H3;4H,3H2,1-2H3;/q;;;-1;+1/t12-,13+;12-;;;/m00.../s1. The monoisotopic (exact) mass is 718 g/mol. The topological polar surface area (TPSA) is 80.7 Å². The van der Waals surface area contributed by atoms with Crippen LogP contribution >= 0.6 is 0 Å². The Hall–Kier alpha value is -2.15. The Morgan fingerprint density at radius 1 is 0.731 bits per heavy atom. The van der Waals surface area contributed by atoms with Crippen LogP contribution < -0.4 is 37.8 Å². The predicted molar refractivity (Wildman–Crippen MR) is 214 cm³/mol. The van der Waals surface area contributed by atoms with E-state index in [1.165, 1.54) is 12.8 Å². The summed E-state index contributed by atoms with van der Waals surface area (Å²) in [5, 5.41) is 10.3. The number of rotatable bonds is 10. The zero-order valence-electron chi connectivity index (χ0n) is 35.6. The van der Waals surface area contributed by atoms with Crippen LogP contribution in [0.25, 0.3) is 0 Å². The Kier molecular flexibility index (Phi) is 24.7. The molecule has 0 aromatic heterocycles. The number of ether oxygens (including phenoxy) is 4. The fourth-order valence-corrected chi connectivity index (χ4v) is 6.33. The van der Waals surface area contributed by atoms with E-state index in [4.69, 9.17) is 26.8 Å². The second-order valence-electron chi connectivity index (χ2n) is 15.4. The van der Waals surface area contributed by atoms with Gasteiger partial charge in [0, 0.05) is 41.6 Å². The summed E-state index contributed by atoms with van der Waals surface area (Å²) in [7, 11) is 15.8. The molecule has 52 heavy (non-hydrogen) atoms. The van der Waals surface area contributed by atoms with E-state index in [2.05, 4.69) is 51.3 Å². The van der Waals surface area contributed by atoms with E-state index in [0.717, 1.165) is 89.3 Å². The molecule has 2 aliphatic heterocycles. The fraction of sp³-hybridized carbons (Fsp3) is 0.690. The molecule has 1 N–H and O–H groups in total. The number of carbonyl (C=O) groups excluding carboxylic acids is 1. The zero-order chi connectivity index (χ0) is 38.8. The van der Waals surface area contributed by atoms with Gasteiger partial charge in [0.25, 0.3) is 0 Å². The summed E-state index contributed by atoms with van der Waals surface area (Å²) in [6.07, 6.45) is 5.02. The van der Waals surface area contributed by atoms with Crippen molar-refractivity contribution >= 4 is 13.6 Å². The molecule has 3 radical (unpaired) electrons. The third-order valence-electron chi connectivity index (χ3n) is 9.47. The van der Waals surface area contributed by atoms with Crippen molar-refractivity contribution < 1.29 is 47.7 Å². The number of piperidine rings is 2. The van der Waals surface area contributed by atoms with Crippen LogP contribution in [0.4, 0.5) is 0 Å². The zero-order valence-corrected chi connectivity index (χ0v) is 35.6. The number of benzene rings is 2. The van der Waals surface area contributed by atoms with E-state index in [1.807, 2.05) is 52.2 Å². The van der Waals surface area contributed by atoms with Gasteiger partial charge in [-0.15, -0.1) is 0 Å². The number of Topliss-reactive ketones (excluding diaryl/α,β-unsaturated/α-hetero) is 1. The second kappa shape index (κ2) is 25.8. The Balaban J connectivity index is 0.000000743. The minimum atomic E-state index is -0.347. The molecule has 0 spiro atoms. The molecule has 0 aliphatic carbocycles. The summed E-state index contributed by atoms with van der Waals surface area (Å²) < 4.78 is 21.5. The first-order valence-corrected chi connectivity index (χ1v) is 18.8. The van der Waals surface area contributed by atoms with Crippen LogP contribution in [-0.2, 0) is 4.79 Å². The third kappa shape index (κ3) is 16.9. The van der Waals surface area contributed by atoms with Crippen molar-refractivity contribution in [3.63, 3.8) is 0 Å². The van der Waals surface area contributed by atoms with E-state index >= 15 is 0 Å². The summed E-state index contributed by atoms with van der Waals surface area (Å²) in [4.78, 5) is 16.5. The summed E-state index contributed by atoms with van der Waals surface area (Å²) in [6.45, 7) is 20.5. The Morgan fingerprint density at radius 3 is 1.56 bits per heavy atom. The van der Waals surface area contributed by atoms with Crippen LogP contribution in [0.3, 0.4) is 0 Å². The molecule has 4 rings (SSSR count). The third-order valence-corrected chi connectivity index (χ3v) is 9.47. The number of nitrogens with zero attached hydrogens (tertiary/aromatic N) is 2. The maximum atomic E-state index is 12.3. The number of β-amino-alcohol motifs (C(OH)–C–C–N with tert-alkyl or cyclic N) is 1. The molecule has 8 nitrogen and oxygen atoms in total. The van der Waals surface area contributed by atoms with Crippen LogP contribution in [0, 0.1) is 31.6 Å². The van der Waals surface area contributed by atoms with Crippen molar-refractivity contribution in [2.75, 3.05) is 68.7 Å². The average molecular weight is 718 g/mol. The van der Waals surface area contributed by atoms with Crippen molar-refractivity contribution in [3.8, 4) is 23.0 Å². The normalized spacial score (nSPS) is 19.0. The molecule has 0 saturated carbocycles. The molecule has 10 heteroatoms. The van der Waals surface area contributed by atoms with Gasteiger partial charge in [0.15, 0.2) is 5.78 Å². The molecule has 0 amide bonds. The van der Waals surface area contributed by atoms with Gasteiger partial charge in [-0.2, -0.15) is 0 Å². The molecule has 2 aromatic carbocycles. The molecular formula is C42H71BLiN2O6. The molecule has 2 aromatic rings. The number of likely N-dealkylation sites (N-methyl/N-ethyl adjacent to an activating group) is 2. The Labute approximate surface area is 331 Å². The molecular weight excluding hydrogens is 646 g/mol. The van der Waals surface area contributed by atoms with Crippen molar-refractivity contribution in [1.82, 2.24) is 9.80 Å². The number of carbonyl (C=O) groups is 1. The van der Waals surface area contributed by atoms with Crippen LogP contribution in [0.15, 0.2) is 24.3 Å². The van der Waals surface area contributed by atoms with E-state index in [-0.39, 0.29) is 42.6 Å². The maximum Gasteiger partial charge on any atom is 1.00 e. The van der Waals surface area contributed by atoms with E-state index < -0.39 is 0 Å².